The molecule has 21 heavy (non-hydrogen) atoms. The summed E-state index contributed by atoms with van der Waals surface area (Å²) in [6, 6.07) is 7.76. The number of anilines is 1. The van der Waals surface area contributed by atoms with Crippen molar-refractivity contribution in [2.75, 3.05) is 18.4 Å². The molecule has 1 aliphatic heterocycles. The standard InChI is InChI=1S/C17H22N2O2/c20-17(19-9-13-8-11-5-6-12(13)7-11)16-10-18-14-3-1-2-4-15(14)21-16/h1-4,11-13,16,18H,5-10H2,(H,19,20). The lowest BCUT2D eigenvalue weighted by Gasteiger charge is -2.28. The van der Waals surface area contributed by atoms with Crippen molar-refractivity contribution in [1.29, 1.82) is 0 Å². The van der Waals surface area contributed by atoms with Crippen LogP contribution < -0.4 is 15.4 Å². The number of ether oxygens (including phenoxy) is 1. The summed E-state index contributed by atoms with van der Waals surface area (Å²) in [6.45, 7) is 1.36. The van der Waals surface area contributed by atoms with E-state index in [9.17, 15) is 4.79 Å². The van der Waals surface area contributed by atoms with Gasteiger partial charge in [0.1, 0.15) is 5.75 Å². The molecule has 2 N–H and O–H groups in total. The van der Waals surface area contributed by atoms with E-state index in [1.165, 1.54) is 25.7 Å². The number of para-hydroxylation sites is 2. The molecule has 1 aromatic carbocycles. The van der Waals surface area contributed by atoms with Gasteiger partial charge in [-0.1, -0.05) is 18.6 Å². The Morgan fingerprint density at radius 1 is 1.29 bits per heavy atom. The number of fused-ring (bicyclic) bond motifs is 3. The molecule has 3 aliphatic rings. The highest BCUT2D eigenvalue weighted by atomic mass is 16.5. The molecule has 2 fully saturated rings. The summed E-state index contributed by atoms with van der Waals surface area (Å²) in [4.78, 5) is 12.3. The Kier molecular flexibility index (Phi) is 3.24. The first kappa shape index (κ1) is 13.0. The molecule has 2 bridgehead atoms. The lowest BCUT2D eigenvalue weighted by Crippen LogP contribution is -2.46. The van der Waals surface area contributed by atoms with Crippen molar-refractivity contribution in [3.8, 4) is 5.75 Å². The molecular formula is C17H22N2O2. The van der Waals surface area contributed by atoms with Crippen molar-refractivity contribution < 1.29 is 9.53 Å². The summed E-state index contributed by atoms with van der Waals surface area (Å²) in [6.07, 6.45) is 5.03. The zero-order valence-electron chi connectivity index (χ0n) is 12.2. The molecule has 112 valence electrons. The summed E-state index contributed by atoms with van der Waals surface area (Å²) < 4.78 is 5.80. The van der Waals surface area contributed by atoms with Crippen molar-refractivity contribution in [3.63, 3.8) is 0 Å². The summed E-state index contributed by atoms with van der Waals surface area (Å²) in [7, 11) is 0. The van der Waals surface area contributed by atoms with Crippen LogP contribution in [-0.4, -0.2) is 25.1 Å². The van der Waals surface area contributed by atoms with E-state index in [0.29, 0.717) is 12.5 Å². The van der Waals surface area contributed by atoms with Gasteiger partial charge in [0, 0.05) is 6.54 Å². The fraction of sp³-hybridized carbons (Fsp3) is 0.588. The second-order valence-electron chi connectivity index (χ2n) is 6.66. The van der Waals surface area contributed by atoms with Gasteiger partial charge in [-0.2, -0.15) is 0 Å². The average Bonchev–Trinajstić information content (AvgIpc) is 3.15. The molecule has 0 aromatic heterocycles. The van der Waals surface area contributed by atoms with Gasteiger partial charge >= 0.3 is 0 Å². The van der Waals surface area contributed by atoms with Crippen LogP contribution in [0.2, 0.25) is 0 Å². The molecule has 4 atom stereocenters. The van der Waals surface area contributed by atoms with Crippen molar-refractivity contribution in [2.45, 2.75) is 31.8 Å². The lowest BCUT2D eigenvalue weighted by molar-refractivity contribution is -0.127. The Morgan fingerprint density at radius 3 is 3.00 bits per heavy atom. The van der Waals surface area contributed by atoms with Gasteiger partial charge in [0.2, 0.25) is 0 Å². The van der Waals surface area contributed by atoms with Crippen LogP contribution in [-0.2, 0) is 4.79 Å². The molecule has 2 aliphatic carbocycles. The van der Waals surface area contributed by atoms with Crippen LogP contribution in [0.3, 0.4) is 0 Å². The van der Waals surface area contributed by atoms with E-state index in [4.69, 9.17) is 4.74 Å². The molecule has 4 unspecified atom stereocenters. The monoisotopic (exact) mass is 286 g/mol. The summed E-state index contributed by atoms with van der Waals surface area (Å²) in [5.41, 5.74) is 0.967. The third-order valence-corrected chi connectivity index (χ3v) is 5.35. The second-order valence-corrected chi connectivity index (χ2v) is 6.66. The molecule has 4 heteroatoms. The Balaban J connectivity index is 1.32. The van der Waals surface area contributed by atoms with Gasteiger partial charge in [-0.05, 0) is 49.1 Å². The second kappa shape index (κ2) is 5.24. The predicted molar refractivity (Wildman–Crippen MR) is 81.3 cm³/mol. The van der Waals surface area contributed by atoms with E-state index < -0.39 is 6.10 Å². The smallest absolute Gasteiger partial charge is 0.262 e. The molecule has 1 heterocycles. The highest BCUT2D eigenvalue weighted by Crippen LogP contribution is 2.47. The molecule has 1 amide bonds. The van der Waals surface area contributed by atoms with Gasteiger partial charge in [0.25, 0.3) is 5.91 Å². The minimum absolute atomic E-state index is 0.0137. The maximum absolute atomic E-state index is 12.3. The first-order valence-electron chi connectivity index (χ1n) is 8.07. The zero-order valence-corrected chi connectivity index (χ0v) is 12.2. The van der Waals surface area contributed by atoms with Crippen LogP contribution in [0.15, 0.2) is 24.3 Å². The van der Waals surface area contributed by atoms with Crippen molar-refractivity contribution in [2.24, 2.45) is 17.8 Å². The number of hydrogen-bond donors (Lipinski definition) is 2. The van der Waals surface area contributed by atoms with Crippen LogP contribution in [0.4, 0.5) is 5.69 Å². The van der Waals surface area contributed by atoms with Crippen LogP contribution in [0.5, 0.6) is 5.75 Å². The third-order valence-electron chi connectivity index (χ3n) is 5.35. The van der Waals surface area contributed by atoms with Crippen molar-refractivity contribution in [1.82, 2.24) is 5.32 Å². The Bertz CT molecular complexity index is 545. The average molecular weight is 286 g/mol. The maximum atomic E-state index is 12.3. The van der Waals surface area contributed by atoms with Crippen LogP contribution in [0.1, 0.15) is 25.7 Å². The Labute approximate surface area is 125 Å². The Hall–Kier alpha value is -1.71. The predicted octanol–water partition coefficient (Wildman–Crippen LogP) is 2.41. The van der Waals surface area contributed by atoms with Crippen LogP contribution in [0.25, 0.3) is 0 Å². The van der Waals surface area contributed by atoms with E-state index in [2.05, 4.69) is 10.6 Å². The SMILES string of the molecule is O=C(NCC1CC2CCC1C2)C1CNc2ccccc2O1. The van der Waals surface area contributed by atoms with Crippen LogP contribution >= 0.6 is 0 Å². The number of carbonyl (C=O) groups is 1. The quantitative estimate of drug-likeness (QED) is 0.897. The van der Waals surface area contributed by atoms with Gasteiger partial charge < -0.3 is 15.4 Å². The number of carbonyl (C=O) groups excluding carboxylic acids is 1. The van der Waals surface area contributed by atoms with E-state index in [1.54, 1.807) is 0 Å². The first-order chi connectivity index (χ1) is 10.3. The summed E-state index contributed by atoms with van der Waals surface area (Å²) in [5.74, 6) is 3.25. The topological polar surface area (TPSA) is 50.4 Å². The molecule has 0 spiro atoms. The maximum Gasteiger partial charge on any atom is 0.262 e. The number of hydrogen-bond acceptors (Lipinski definition) is 3. The fourth-order valence-corrected chi connectivity index (χ4v) is 4.23. The molecular weight excluding hydrogens is 264 g/mol. The number of benzene rings is 1. The summed E-state index contributed by atoms with van der Waals surface area (Å²) >= 11 is 0. The van der Waals surface area contributed by atoms with Gasteiger partial charge in [0.15, 0.2) is 6.10 Å². The lowest BCUT2D eigenvalue weighted by atomic mass is 9.89. The molecule has 4 nitrogen and oxygen atoms in total. The normalized spacial score (nSPS) is 33.0. The minimum atomic E-state index is -0.418. The molecule has 0 saturated heterocycles. The summed E-state index contributed by atoms with van der Waals surface area (Å²) in [5, 5.41) is 6.37. The van der Waals surface area contributed by atoms with Gasteiger partial charge in [-0.25, -0.2) is 0 Å². The van der Waals surface area contributed by atoms with Crippen molar-refractivity contribution >= 4 is 11.6 Å². The van der Waals surface area contributed by atoms with E-state index in [-0.39, 0.29) is 5.91 Å². The van der Waals surface area contributed by atoms with Gasteiger partial charge in [0.05, 0.1) is 12.2 Å². The zero-order chi connectivity index (χ0) is 14.2. The van der Waals surface area contributed by atoms with E-state index in [0.717, 1.165) is 29.8 Å². The molecule has 0 radical (unpaired) electrons. The highest BCUT2D eigenvalue weighted by Gasteiger charge is 2.39. The highest BCUT2D eigenvalue weighted by molar-refractivity contribution is 5.83. The molecule has 2 saturated carbocycles. The molecule has 4 rings (SSSR count). The first-order valence-corrected chi connectivity index (χ1v) is 8.07. The largest absolute Gasteiger partial charge is 0.477 e. The minimum Gasteiger partial charge on any atom is -0.477 e. The third kappa shape index (κ3) is 2.47. The number of rotatable bonds is 3. The van der Waals surface area contributed by atoms with E-state index in [1.807, 2.05) is 24.3 Å². The van der Waals surface area contributed by atoms with E-state index >= 15 is 0 Å². The van der Waals surface area contributed by atoms with Crippen LogP contribution in [0, 0.1) is 17.8 Å². The fourth-order valence-electron chi connectivity index (χ4n) is 4.23. The Morgan fingerprint density at radius 2 is 2.19 bits per heavy atom. The molecule has 1 aromatic rings. The number of amides is 1. The van der Waals surface area contributed by atoms with Gasteiger partial charge in [-0.15, -0.1) is 0 Å². The van der Waals surface area contributed by atoms with Crippen molar-refractivity contribution in [3.05, 3.63) is 24.3 Å². The van der Waals surface area contributed by atoms with Gasteiger partial charge in [-0.3, -0.25) is 4.79 Å². The number of nitrogens with one attached hydrogen (secondary N) is 2.